The summed E-state index contributed by atoms with van der Waals surface area (Å²) in [5, 5.41) is 6.38. The van der Waals surface area contributed by atoms with Crippen LogP contribution in [0.1, 0.15) is 35.7 Å². The van der Waals surface area contributed by atoms with E-state index in [4.69, 9.17) is 5.73 Å². The predicted molar refractivity (Wildman–Crippen MR) is 126 cm³/mol. The molecule has 0 radical (unpaired) electrons. The normalized spacial score (nSPS) is 13.9. The first-order valence-corrected chi connectivity index (χ1v) is 11.2. The van der Waals surface area contributed by atoms with Gasteiger partial charge in [-0.25, -0.2) is 9.37 Å². The molecule has 1 amide bonds. The Hall–Kier alpha value is -3.53. The minimum atomic E-state index is -0.650. The highest BCUT2D eigenvalue weighted by Gasteiger charge is 2.19. The second-order valence-corrected chi connectivity index (χ2v) is 8.08. The number of pyridine rings is 1. The SMILES string of the molecule is CCCCNc1nc(N)nc2c(F)cn(Cc3ccc(C(=O)N4CCNCC4)cc3)c(=O)c12. The highest BCUT2D eigenvalue weighted by Crippen LogP contribution is 2.21. The molecule has 33 heavy (non-hydrogen) atoms. The van der Waals surface area contributed by atoms with Crippen LogP contribution in [0.5, 0.6) is 0 Å². The largest absolute Gasteiger partial charge is 0.369 e. The average molecular weight is 454 g/mol. The van der Waals surface area contributed by atoms with Crippen molar-refractivity contribution in [2.45, 2.75) is 26.3 Å². The van der Waals surface area contributed by atoms with E-state index in [0.717, 1.165) is 37.7 Å². The number of halogens is 1. The zero-order valence-corrected chi connectivity index (χ0v) is 18.6. The lowest BCUT2D eigenvalue weighted by Crippen LogP contribution is -2.46. The minimum absolute atomic E-state index is 0.0190. The molecule has 1 aromatic carbocycles. The number of benzene rings is 1. The second-order valence-electron chi connectivity index (χ2n) is 8.08. The lowest BCUT2D eigenvalue weighted by Gasteiger charge is -2.27. The fourth-order valence-electron chi connectivity index (χ4n) is 3.88. The number of carbonyl (C=O) groups is 1. The highest BCUT2D eigenvalue weighted by atomic mass is 19.1. The van der Waals surface area contributed by atoms with Crippen molar-refractivity contribution in [3.8, 4) is 0 Å². The van der Waals surface area contributed by atoms with Crippen LogP contribution in [0.3, 0.4) is 0 Å². The molecular formula is C23H28FN7O2. The summed E-state index contributed by atoms with van der Waals surface area (Å²) in [5.41, 5.74) is 6.58. The Morgan fingerprint density at radius 3 is 2.64 bits per heavy atom. The molecule has 10 heteroatoms. The van der Waals surface area contributed by atoms with Crippen molar-refractivity contribution in [1.29, 1.82) is 0 Å². The van der Waals surface area contributed by atoms with Crippen LogP contribution < -0.4 is 21.9 Å². The zero-order valence-electron chi connectivity index (χ0n) is 18.6. The Morgan fingerprint density at radius 1 is 1.21 bits per heavy atom. The van der Waals surface area contributed by atoms with E-state index in [-0.39, 0.29) is 35.1 Å². The van der Waals surface area contributed by atoms with Gasteiger partial charge in [0.05, 0.1) is 6.54 Å². The number of anilines is 2. The van der Waals surface area contributed by atoms with Crippen LogP contribution in [0.2, 0.25) is 0 Å². The summed E-state index contributed by atoms with van der Waals surface area (Å²) < 4.78 is 16.2. The molecule has 1 saturated heterocycles. The number of unbranched alkanes of at least 4 members (excludes halogenated alkanes) is 1. The number of piperazine rings is 1. The molecule has 3 heterocycles. The molecule has 9 nitrogen and oxygen atoms in total. The number of fused-ring (bicyclic) bond motifs is 1. The van der Waals surface area contributed by atoms with E-state index in [9.17, 15) is 14.0 Å². The van der Waals surface area contributed by atoms with Crippen LogP contribution in [0.4, 0.5) is 16.2 Å². The van der Waals surface area contributed by atoms with Gasteiger partial charge < -0.3 is 25.8 Å². The van der Waals surface area contributed by atoms with E-state index in [1.54, 1.807) is 24.3 Å². The van der Waals surface area contributed by atoms with Crippen LogP contribution in [0, 0.1) is 5.82 Å². The molecule has 4 N–H and O–H groups in total. The topological polar surface area (TPSA) is 118 Å². The third-order valence-corrected chi connectivity index (χ3v) is 5.68. The van der Waals surface area contributed by atoms with E-state index in [1.807, 2.05) is 11.8 Å². The number of rotatable bonds is 7. The monoisotopic (exact) mass is 453 g/mol. The van der Waals surface area contributed by atoms with Crippen molar-refractivity contribution in [3.63, 3.8) is 0 Å². The average Bonchev–Trinajstić information content (AvgIpc) is 2.83. The van der Waals surface area contributed by atoms with Crippen LogP contribution in [-0.4, -0.2) is 58.1 Å². The van der Waals surface area contributed by atoms with Gasteiger partial charge in [0, 0.05) is 44.5 Å². The molecule has 1 aliphatic heterocycles. The van der Waals surface area contributed by atoms with Crippen molar-refractivity contribution >= 4 is 28.6 Å². The summed E-state index contributed by atoms with van der Waals surface area (Å²) in [6.07, 6.45) is 2.96. The summed E-state index contributed by atoms with van der Waals surface area (Å²) in [6.45, 7) is 5.69. The maximum atomic E-state index is 14.9. The first kappa shape index (κ1) is 22.7. The summed E-state index contributed by atoms with van der Waals surface area (Å²) in [7, 11) is 0. The van der Waals surface area contributed by atoms with Gasteiger partial charge >= 0.3 is 0 Å². The predicted octanol–water partition coefficient (Wildman–Crippen LogP) is 1.82. The van der Waals surface area contributed by atoms with Gasteiger partial charge in [-0.05, 0) is 24.1 Å². The molecule has 0 aliphatic carbocycles. The third kappa shape index (κ3) is 4.95. The number of amides is 1. The molecule has 0 spiro atoms. The van der Waals surface area contributed by atoms with Gasteiger partial charge in [0.1, 0.15) is 16.7 Å². The molecule has 1 aliphatic rings. The van der Waals surface area contributed by atoms with E-state index < -0.39 is 11.4 Å². The smallest absolute Gasteiger partial charge is 0.264 e. The van der Waals surface area contributed by atoms with Gasteiger partial charge in [-0.1, -0.05) is 25.5 Å². The molecule has 174 valence electrons. The molecule has 0 bridgehead atoms. The van der Waals surface area contributed by atoms with Gasteiger partial charge in [0.2, 0.25) is 5.95 Å². The van der Waals surface area contributed by atoms with Crippen molar-refractivity contribution in [1.82, 2.24) is 24.8 Å². The maximum absolute atomic E-state index is 14.9. The number of nitrogen functional groups attached to an aromatic ring is 1. The number of carbonyl (C=O) groups excluding carboxylic acids is 1. The Labute approximate surface area is 190 Å². The first-order chi connectivity index (χ1) is 16.0. The molecular weight excluding hydrogens is 425 g/mol. The zero-order chi connectivity index (χ0) is 23.4. The molecule has 0 unspecified atom stereocenters. The number of nitrogens with one attached hydrogen (secondary N) is 2. The number of nitrogens with two attached hydrogens (primary N) is 1. The first-order valence-electron chi connectivity index (χ1n) is 11.2. The van der Waals surface area contributed by atoms with E-state index in [1.165, 1.54) is 4.57 Å². The highest BCUT2D eigenvalue weighted by molar-refractivity contribution is 5.94. The molecule has 0 atom stereocenters. The third-order valence-electron chi connectivity index (χ3n) is 5.68. The standard InChI is InChI=1S/C23H28FN7O2/c1-2-3-8-27-20-18-19(28-23(25)29-20)17(24)14-31(22(18)33)13-15-4-6-16(7-5-15)21(32)30-11-9-26-10-12-30/h4-7,14,26H,2-3,8-13H2,1H3,(H3,25,27,28,29). The Morgan fingerprint density at radius 2 is 1.94 bits per heavy atom. The van der Waals surface area contributed by atoms with Crippen molar-refractivity contribution < 1.29 is 9.18 Å². The summed E-state index contributed by atoms with van der Waals surface area (Å²) >= 11 is 0. The number of aromatic nitrogens is 3. The van der Waals surface area contributed by atoms with E-state index in [0.29, 0.717) is 25.2 Å². The van der Waals surface area contributed by atoms with Gasteiger partial charge in [0.25, 0.3) is 11.5 Å². The Bertz CT molecular complexity index is 1200. The van der Waals surface area contributed by atoms with E-state index in [2.05, 4.69) is 20.6 Å². The maximum Gasteiger partial charge on any atom is 0.264 e. The van der Waals surface area contributed by atoms with Crippen LogP contribution in [-0.2, 0) is 6.54 Å². The fraction of sp³-hybridized carbons (Fsp3) is 0.391. The number of hydrogen-bond acceptors (Lipinski definition) is 7. The number of hydrogen-bond donors (Lipinski definition) is 3. The molecule has 4 rings (SSSR count). The lowest BCUT2D eigenvalue weighted by atomic mass is 10.1. The molecule has 0 saturated carbocycles. The van der Waals surface area contributed by atoms with Crippen LogP contribution >= 0.6 is 0 Å². The van der Waals surface area contributed by atoms with Gasteiger partial charge in [-0.3, -0.25) is 9.59 Å². The molecule has 1 fully saturated rings. The van der Waals surface area contributed by atoms with E-state index >= 15 is 0 Å². The van der Waals surface area contributed by atoms with Gasteiger partial charge in [0.15, 0.2) is 5.82 Å². The van der Waals surface area contributed by atoms with Crippen LogP contribution in [0.15, 0.2) is 35.3 Å². The van der Waals surface area contributed by atoms with Gasteiger partial charge in [-0.2, -0.15) is 4.98 Å². The molecule has 3 aromatic rings. The summed E-state index contributed by atoms with van der Waals surface area (Å²) in [6, 6.07) is 7.04. The second kappa shape index (κ2) is 9.95. The minimum Gasteiger partial charge on any atom is -0.369 e. The molecule has 2 aromatic heterocycles. The summed E-state index contributed by atoms with van der Waals surface area (Å²) in [4.78, 5) is 35.7. The van der Waals surface area contributed by atoms with Crippen molar-refractivity contribution in [2.75, 3.05) is 43.8 Å². The van der Waals surface area contributed by atoms with Crippen LogP contribution in [0.25, 0.3) is 10.9 Å². The van der Waals surface area contributed by atoms with Gasteiger partial charge in [-0.15, -0.1) is 0 Å². The van der Waals surface area contributed by atoms with Crippen molar-refractivity contribution in [2.24, 2.45) is 0 Å². The number of nitrogens with zero attached hydrogens (tertiary/aromatic N) is 4. The quantitative estimate of drug-likeness (QED) is 0.467. The lowest BCUT2D eigenvalue weighted by molar-refractivity contribution is 0.0736. The summed E-state index contributed by atoms with van der Waals surface area (Å²) in [5.74, 6) is -0.527. The fourth-order valence-corrected chi connectivity index (χ4v) is 3.88. The van der Waals surface area contributed by atoms with Crippen molar-refractivity contribution in [3.05, 3.63) is 57.8 Å². The Balaban J connectivity index is 1.61. The Kier molecular flexibility index (Phi) is 6.83.